The van der Waals surface area contributed by atoms with E-state index >= 15 is 0 Å². The highest BCUT2D eigenvalue weighted by Crippen LogP contribution is 2.14. The predicted molar refractivity (Wildman–Crippen MR) is 66.8 cm³/mol. The van der Waals surface area contributed by atoms with Crippen LogP contribution in [0.1, 0.15) is 29.6 Å². The summed E-state index contributed by atoms with van der Waals surface area (Å²) in [5.74, 6) is -2.22. The number of Topliss-reactive ketones (excluding diaryl/α,β-unsaturated/α-hetero) is 2. The second kappa shape index (κ2) is 7.09. The summed E-state index contributed by atoms with van der Waals surface area (Å²) < 4.78 is 13.5. The van der Waals surface area contributed by atoms with Crippen LogP contribution in [0, 0.1) is 21.4 Å². The van der Waals surface area contributed by atoms with E-state index in [1.807, 2.05) is 6.07 Å². The van der Waals surface area contributed by atoms with E-state index in [-0.39, 0.29) is 30.5 Å². The fourth-order valence-electron chi connectivity index (χ4n) is 1.51. The fourth-order valence-corrected chi connectivity index (χ4v) is 1.51. The first-order chi connectivity index (χ1) is 9.47. The van der Waals surface area contributed by atoms with Crippen LogP contribution in [0.3, 0.4) is 0 Å². The minimum absolute atomic E-state index is 0.0940. The Balaban J connectivity index is 2.71. The highest BCUT2D eigenvalue weighted by molar-refractivity contribution is 6.45. The molecule has 0 aromatic heterocycles. The molecule has 0 saturated heterocycles. The Bertz CT molecular complexity index is 563. The van der Waals surface area contributed by atoms with Crippen LogP contribution in [-0.2, 0) is 4.79 Å². The van der Waals surface area contributed by atoms with Gasteiger partial charge in [-0.15, -0.1) is 0 Å². The Labute approximate surface area is 114 Å². The van der Waals surface area contributed by atoms with Gasteiger partial charge < -0.3 is 0 Å². The number of rotatable bonds is 7. The van der Waals surface area contributed by atoms with Crippen molar-refractivity contribution in [2.45, 2.75) is 25.4 Å². The third-order valence-corrected chi connectivity index (χ3v) is 2.59. The molecule has 0 bridgehead atoms. The summed E-state index contributed by atoms with van der Waals surface area (Å²) in [5.41, 5.74) is -0.316. The summed E-state index contributed by atoms with van der Waals surface area (Å²) in [4.78, 5) is 33.0. The van der Waals surface area contributed by atoms with E-state index in [0.29, 0.717) is 0 Å². The zero-order chi connectivity index (χ0) is 15.1. The van der Waals surface area contributed by atoms with Crippen molar-refractivity contribution in [1.82, 2.24) is 0 Å². The normalized spacial score (nSPS) is 11.4. The Hall–Kier alpha value is -2.62. The lowest BCUT2D eigenvalue weighted by atomic mass is 10.0. The van der Waals surface area contributed by atoms with Crippen molar-refractivity contribution in [3.05, 3.63) is 39.9 Å². The van der Waals surface area contributed by atoms with E-state index in [2.05, 4.69) is 0 Å². The van der Waals surface area contributed by atoms with Gasteiger partial charge in [0.25, 0.3) is 5.69 Å². The van der Waals surface area contributed by atoms with E-state index < -0.39 is 22.7 Å². The molecule has 1 aromatic rings. The number of non-ortho nitro benzene ring substituents is 1. The highest BCUT2D eigenvalue weighted by atomic mass is 19.1. The number of nitriles is 1. The molecule has 0 heterocycles. The molecule has 0 radical (unpaired) electrons. The van der Waals surface area contributed by atoms with Gasteiger partial charge in [0.15, 0.2) is 6.17 Å². The summed E-state index contributed by atoms with van der Waals surface area (Å²) >= 11 is 0. The maximum Gasteiger partial charge on any atom is 0.269 e. The van der Waals surface area contributed by atoms with E-state index in [1.165, 1.54) is 0 Å². The molecule has 0 amide bonds. The van der Waals surface area contributed by atoms with Crippen LogP contribution in [0.4, 0.5) is 10.1 Å². The first-order valence-electron chi connectivity index (χ1n) is 5.81. The first-order valence-corrected chi connectivity index (χ1v) is 5.81. The molecule has 1 atom stereocenters. The van der Waals surface area contributed by atoms with Gasteiger partial charge in [0.05, 0.1) is 11.0 Å². The SMILES string of the molecule is N#CCCCC(F)C(=O)C(=O)c1ccc([N+](=O)[O-])cc1. The summed E-state index contributed by atoms with van der Waals surface area (Å²) in [6.45, 7) is 0. The van der Waals surface area contributed by atoms with Gasteiger partial charge in [-0.25, -0.2) is 4.39 Å². The topological polar surface area (TPSA) is 101 Å². The van der Waals surface area contributed by atoms with Crippen molar-refractivity contribution in [3.8, 4) is 6.07 Å². The molecule has 0 aliphatic rings. The molecule has 0 fully saturated rings. The molecule has 0 aliphatic heterocycles. The van der Waals surface area contributed by atoms with E-state index in [0.717, 1.165) is 24.3 Å². The number of carbonyl (C=O) groups is 2. The number of unbranched alkanes of at least 4 members (excludes halogenated alkanes) is 1. The van der Waals surface area contributed by atoms with Crippen molar-refractivity contribution in [2.75, 3.05) is 0 Å². The maximum absolute atomic E-state index is 13.5. The minimum Gasteiger partial charge on any atom is -0.287 e. The zero-order valence-corrected chi connectivity index (χ0v) is 10.4. The molecule has 0 N–H and O–H groups in total. The summed E-state index contributed by atoms with van der Waals surface area (Å²) in [7, 11) is 0. The Morgan fingerprint density at radius 2 is 1.95 bits per heavy atom. The lowest BCUT2D eigenvalue weighted by Gasteiger charge is -2.05. The van der Waals surface area contributed by atoms with E-state index in [4.69, 9.17) is 5.26 Å². The third-order valence-electron chi connectivity index (χ3n) is 2.59. The lowest BCUT2D eigenvalue weighted by Crippen LogP contribution is -2.25. The van der Waals surface area contributed by atoms with Crippen molar-refractivity contribution < 1.29 is 18.9 Å². The van der Waals surface area contributed by atoms with Crippen molar-refractivity contribution >= 4 is 17.3 Å². The second-order valence-corrected chi connectivity index (χ2v) is 4.02. The number of benzene rings is 1. The number of ketones is 2. The monoisotopic (exact) mass is 278 g/mol. The van der Waals surface area contributed by atoms with Gasteiger partial charge in [-0.3, -0.25) is 19.7 Å². The third kappa shape index (κ3) is 3.95. The number of alkyl halides is 1. The molecular weight excluding hydrogens is 267 g/mol. The molecule has 1 unspecified atom stereocenters. The molecular formula is C13H11FN2O4. The molecule has 6 nitrogen and oxygen atoms in total. The fraction of sp³-hybridized carbons (Fsp3) is 0.308. The van der Waals surface area contributed by atoms with E-state index in [1.54, 1.807) is 0 Å². The molecule has 1 rings (SSSR count). The molecule has 0 spiro atoms. The van der Waals surface area contributed by atoms with Gasteiger partial charge in [0.2, 0.25) is 11.6 Å². The smallest absolute Gasteiger partial charge is 0.269 e. The lowest BCUT2D eigenvalue weighted by molar-refractivity contribution is -0.384. The number of halogens is 1. The van der Waals surface area contributed by atoms with Gasteiger partial charge in [-0.2, -0.15) is 5.26 Å². The molecule has 20 heavy (non-hydrogen) atoms. The Kier molecular flexibility index (Phi) is 5.47. The van der Waals surface area contributed by atoms with Crippen molar-refractivity contribution in [2.24, 2.45) is 0 Å². The summed E-state index contributed by atoms with van der Waals surface area (Å²) in [6.07, 6.45) is -1.84. The zero-order valence-electron chi connectivity index (χ0n) is 10.4. The van der Waals surface area contributed by atoms with Gasteiger partial charge >= 0.3 is 0 Å². The van der Waals surface area contributed by atoms with Crippen LogP contribution >= 0.6 is 0 Å². The summed E-state index contributed by atoms with van der Waals surface area (Å²) in [5, 5.41) is 18.7. The van der Waals surface area contributed by atoms with Crippen molar-refractivity contribution in [1.29, 1.82) is 5.26 Å². The average molecular weight is 278 g/mol. The number of hydrogen-bond acceptors (Lipinski definition) is 5. The van der Waals surface area contributed by atoms with Gasteiger partial charge in [-0.1, -0.05) is 0 Å². The van der Waals surface area contributed by atoms with Crippen molar-refractivity contribution in [3.63, 3.8) is 0 Å². The largest absolute Gasteiger partial charge is 0.287 e. The van der Waals surface area contributed by atoms with Crippen LogP contribution in [0.5, 0.6) is 0 Å². The number of nitrogens with zero attached hydrogens (tertiary/aromatic N) is 2. The van der Waals surface area contributed by atoms with Crippen LogP contribution < -0.4 is 0 Å². The quantitative estimate of drug-likeness (QED) is 0.250. The average Bonchev–Trinajstić information content (AvgIpc) is 2.46. The van der Waals surface area contributed by atoms with Gasteiger partial charge in [-0.05, 0) is 25.0 Å². The molecule has 1 aromatic carbocycles. The number of nitro groups is 1. The first kappa shape index (κ1) is 15.4. The maximum atomic E-state index is 13.5. The molecule has 0 aliphatic carbocycles. The number of hydrogen-bond donors (Lipinski definition) is 0. The second-order valence-electron chi connectivity index (χ2n) is 4.02. The number of carbonyl (C=O) groups excluding carboxylic acids is 2. The minimum atomic E-state index is -1.95. The highest BCUT2D eigenvalue weighted by Gasteiger charge is 2.25. The Morgan fingerprint density at radius 1 is 1.35 bits per heavy atom. The van der Waals surface area contributed by atoms with E-state index in [9.17, 15) is 24.1 Å². The van der Waals surface area contributed by atoms with Crippen LogP contribution in [0.25, 0.3) is 0 Å². The molecule has 0 saturated carbocycles. The molecule has 7 heteroatoms. The number of nitro benzene ring substituents is 1. The van der Waals surface area contributed by atoms with Gasteiger partial charge in [0.1, 0.15) is 0 Å². The standard InChI is InChI=1S/C13H11FN2O4/c14-11(3-1-2-8-15)13(18)12(17)9-4-6-10(7-5-9)16(19)20/h4-7,11H,1-3H2. The summed E-state index contributed by atoms with van der Waals surface area (Å²) in [6, 6.07) is 6.18. The van der Waals surface area contributed by atoms with Crippen LogP contribution in [0.15, 0.2) is 24.3 Å². The predicted octanol–water partition coefficient (Wildman–Crippen LogP) is 2.38. The van der Waals surface area contributed by atoms with Gasteiger partial charge in [0, 0.05) is 24.1 Å². The van der Waals surface area contributed by atoms with Crippen LogP contribution in [-0.4, -0.2) is 22.7 Å². The van der Waals surface area contributed by atoms with Crippen LogP contribution in [0.2, 0.25) is 0 Å². The Morgan fingerprint density at radius 3 is 2.45 bits per heavy atom. The molecule has 104 valence electrons.